The van der Waals surface area contributed by atoms with E-state index in [2.05, 4.69) is 15.9 Å². The summed E-state index contributed by atoms with van der Waals surface area (Å²) in [5.41, 5.74) is 0.388. The minimum Gasteiger partial charge on any atom is -0.496 e. The Morgan fingerprint density at radius 1 is 1.47 bits per heavy atom. The van der Waals surface area contributed by atoms with E-state index in [9.17, 15) is 9.59 Å². The van der Waals surface area contributed by atoms with Gasteiger partial charge in [0.25, 0.3) is 5.91 Å². The highest BCUT2D eigenvalue weighted by molar-refractivity contribution is 9.10. The predicted molar refractivity (Wildman–Crippen MR) is 72.4 cm³/mol. The fourth-order valence-corrected chi connectivity index (χ4v) is 2.24. The van der Waals surface area contributed by atoms with Gasteiger partial charge in [0.1, 0.15) is 12.3 Å². The lowest BCUT2D eigenvalue weighted by Gasteiger charge is -2.21. The number of halogens is 1. The van der Waals surface area contributed by atoms with Crippen molar-refractivity contribution in [2.75, 3.05) is 13.7 Å². The number of aliphatic carboxylic acids is 1. The van der Waals surface area contributed by atoms with Gasteiger partial charge in [-0.2, -0.15) is 0 Å². The summed E-state index contributed by atoms with van der Waals surface area (Å²) in [4.78, 5) is 24.7. The van der Waals surface area contributed by atoms with E-state index in [0.29, 0.717) is 11.3 Å². The third-order valence-electron chi connectivity index (χ3n) is 2.95. The van der Waals surface area contributed by atoms with Crippen LogP contribution < -0.4 is 4.74 Å². The van der Waals surface area contributed by atoms with E-state index in [1.807, 2.05) is 0 Å². The number of methoxy groups -OCH3 is 1. The van der Waals surface area contributed by atoms with Crippen LogP contribution in [0.2, 0.25) is 0 Å². The second-order valence-corrected chi connectivity index (χ2v) is 5.32. The van der Waals surface area contributed by atoms with Gasteiger partial charge in [-0.15, -0.1) is 0 Å². The predicted octanol–water partition coefficient (Wildman–Crippen LogP) is 2.15. The van der Waals surface area contributed by atoms with Crippen LogP contribution in [0.4, 0.5) is 0 Å². The van der Waals surface area contributed by atoms with E-state index in [1.54, 1.807) is 18.2 Å². The van der Waals surface area contributed by atoms with Crippen LogP contribution in [0.15, 0.2) is 22.7 Å². The molecule has 6 heteroatoms. The smallest absolute Gasteiger partial charge is 0.323 e. The Morgan fingerprint density at radius 3 is 2.68 bits per heavy atom. The standard InChI is InChI=1S/C13H14BrNO4/c1-19-11-6-8(14)2-5-10(11)13(18)15(7-12(16)17)9-3-4-9/h2,5-6,9H,3-4,7H2,1H3,(H,16,17). The molecule has 1 fully saturated rings. The summed E-state index contributed by atoms with van der Waals surface area (Å²) in [6.45, 7) is -0.275. The van der Waals surface area contributed by atoms with Crippen molar-refractivity contribution < 1.29 is 19.4 Å². The van der Waals surface area contributed by atoms with E-state index in [4.69, 9.17) is 9.84 Å². The molecule has 1 saturated carbocycles. The minimum atomic E-state index is -1.00. The lowest BCUT2D eigenvalue weighted by molar-refractivity contribution is -0.137. The summed E-state index contributed by atoms with van der Waals surface area (Å²) in [7, 11) is 1.48. The highest BCUT2D eigenvalue weighted by Crippen LogP contribution is 2.31. The largest absolute Gasteiger partial charge is 0.496 e. The molecular formula is C13H14BrNO4. The Kier molecular flexibility index (Phi) is 4.09. The molecule has 0 aliphatic heterocycles. The molecule has 1 aromatic carbocycles. The zero-order valence-electron chi connectivity index (χ0n) is 10.4. The van der Waals surface area contributed by atoms with E-state index in [1.165, 1.54) is 12.0 Å². The normalized spacial score (nSPS) is 14.0. The number of carbonyl (C=O) groups is 2. The number of hydrogen-bond donors (Lipinski definition) is 1. The van der Waals surface area contributed by atoms with E-state index >= 15 is 0 Å². The molecule has 19 heavy (non-hydrogen) atoms. The molecule has 2 rings (SSSR count). The Bertz CT molecular complexity index is 513. The SMILES string of the molecule is COc1cc(Br)ccc1C(=O)N(CC(=O)O)C1CC1. The summed E-state index contributed by atoms with van der Waals surface area (Å²) in [5.74, 6) is -0.860. The molecule has 1 aliphatic rings. The molecule has 1 N–H and O–H groups in total. The first kappa shape index (κ1) is 13.9. The van der Waals surface area contributed by atoms with E-state index in [0.717, 1.165) is 17.3 Å². The first-order chi connectivity index (χ1) is 9.02. The van der Waals surface area contributed by atoms with Gasteiger partial charge in [0.05, 0.1) is 12.7 Å². The Morgan fingerprint density at radius 2 is 2.16 bits per heavy atom. The number of ether oxygens (including phenoxy) is 1. The maximum Gasteiger partial charge on any atom is 0.323 e. The maximum absolute atomic E-state index is 12.4. The molecule has 0 bridgehead atoms. The zero-order chi connectivity index (χ0) is 14.0. The van der Waals surface area contributed by atoms with Gasteiger partial charge in [0.15, 0.2) is 0 Å². The summed E-state index contributed by atoms with van der Waals surface area (Å²) in [5, 5.41) is 8.89. The first-order valence-corrected chi connectivity index (χ1v) is 6.68. The summed E-state index contributed by atoms with van der Waals surface area (Å²) in [6, 6.07) is 5.11. The van der Waals surface area contributed by atoms with Crippen LogP contribution in [0, 0.1) is 0 Å². The van der Waals surface area contributed by atoms with Gasteiger partial charge in [0, 0.05) is 10.5 Å². The molecule has 1 aromatic rings. The van der Waals surface area contributed by atoms with E-state index < -0.39 is 5.97 Å². The van der Waals surface area contributed by atoms with Gasteiger partial charge in [-0.1, -0.05) is 15.9 Å². The van der Waals surface area contributed by atoms with Crippen LogP contribution in [-0.2, 0) is 4.79 Å². The second-order valence-electron chi connectivity index (χ2n) is 4.40. The Hall–Kier alpha value is -1.56. The van der Waals surface area contributed by atoms with Crippen molar-refractivity contribution in [3.8, 4) is 5.75 Å². The third kappa shape index (κ3) is 3.26. The van der Waals surface area contributed by atoms with Gasteiger partial charge < -0.3 is 14.7 Å². The second kappa shape index (κ2) is 5.61. The quantitative estimate of drug-likeness (QED) is 0.899. The third-order valence-corrected chi connectivity index (χ3v) is 3.44. The number of amides is 1. The number of rotatable bonds is 5. The number of hydrogen-bond acceptors (Lipinski definition) is 3. The average Bonchev–Trinajstić information content (AvgIpc) is 3.19. The molecule has 0 heterocycles. The van der Waals surface area contributed by atoms with Crippen molar-refractivity contribution >= 4 is 27.8 Å². The fraction of sp³-hybridized carbons (Fsp3) is 0.385. The Balaban J connectivity index is 2.28. The average molecular weight is 328 g/mol. The van der Waals surface area contributed by atoms with Crippen LogP contribution in [0.5, 0.6) is 5.75 Å². The lowest BCUT2D eigenvalue weighted by Crippen LogP contribution is -2.37. The molecule has 0 unspecified atom stereocenters. The van der Waals surface area contributed by atoms with E-state index in [-0.39, 0.29) is 18.5 Å². The molecule has 0 saturated heterocycles. The number of carbonyl (C=O) groups excluding carboxylic acids is 1. The number of carboxylic acid groups (broad SMARTS) is 1. The number of benzene rings is 1. The zero-order valence-corrected chi connectivity index (χ0v) is 12.0. The molecule has 1 amide bonds. The maximum atomic E-state index is 12.4. The molecule has 0 spiro atoms. The summed E-state index contributed by atoms with van der Waals surface area (Å²) in [6.07, 6.45) is 1.72. The van der Waals surface area contributed by atoms with Crippen LogP contribution in [0.3, 0.4) is 0 Å². The molecular weight excluding hydrogens is 314 g/mol. The summed E-state index contributed by atoms with van der Waals surface area (Å²) < 4.78 is 5.98. The number of carboxylic acids is 1. The van der Waals surface area contributed by atoms with Crippen LogP contribution >= 0.6 is 15.9 Å². The minimum absolute atomic E-state index is 0.0388. The van der Waals surface area contributed by atoms with Crippen LogP contribution in [0.25, 0.3) is 0 Å². The summed E-state index contributed by atoms with van der Waals surface area (Å²) >= 11 is 3.31. The molecule has 0 atom stereocenters. The molecule has 1 aliphatic carbocycles. The molecule has 5 nitrogen and oxygen atoms in total. The van der Waals surface area contributed by atoms with Gasteiger partial charge in [-0.05, 0) is 31.0 Å². The highest BCUT2D eigenvalue weighted by Gasteiger charge is 2.35. The fourth-order valence-electron chi connectivity index (χ4n) is 1.90. The van der Waals surface area contributed by atoms with Crippen molar-refractivity contribution in [1.82, 2.24) is 4.90 Å². The van der Waals surface area contributed by atoms with Gasteiger partial charge in [-0.3, -0.25) is 9.59 Å². The topological polar surface area (TPSA) is 66.8 Å². The monoisotopic (exact) mass is 327 g/mol. The van der Waals surface area contributed by atoms with Crippen molar-refractivity contribution in [3.63, 3.8) is 0 Å². The molecule has 102 valence electrons. The van der Waals surface area contributed by atoms with Crippen molar-refractivity contribution in [1.29, 1.82) is 0 Å². The molecule has 0 aromatic heterocycles. The van der Waals surface area contributed by atoms with Gasteiger partial charge >= 0.3 is 5.97 Å². The van der Waals surface area contributed by atoms with Gasteiger partial charge in [0.2, 0.25) is 0 Å². The van der Waals surface area contributed by atoms with Crippen molar-refractivity contribution in [2.24, 2.45) is 0 Å². The molecule has 0 radical (unpaired) electrons. The van der Waals surface area contributed by atoms with Gasteiger partial charge in [-0.25, -0.2) is 0 Å². The highest BCUT2D eigenvalue weighted by atomic mass is 79.9. The van der Waals surface area contributed by atoms with Crippen LogP contribution in [-0.4, -0.2) is 41.6 Å². The first-order valence-electron chi connectivity index (χ1n) is 5.89. The Labute approximate surface area is 119 Å². The van der Waals surface area contributed by atoms with Crippen molar-refractivity contribution in [2.45, 2.75) is 18.9 Å². The number of nitrogens with zero attached hydrogens (tertiary/aromatic N) is 1. The van der Waals surface area contributed by atoms with Crippen LogP contribution in [0.1, 0.15) is 23.2 Å². The van der Waals surface area contributed by atoms with Crippen molar-refractivity contribution in [3.05, 3.63) is 28.2 Å². The lowest BCUT2D eigenvalue weighted by atomic mass is 10.1.